The molecule has 0 fully saturated rings. The molecule has 0 aliphatic carbocycles. The van der Waals surface area contributed by atoms with E-state index in [0.717, 1.165) is 6.42 Å². The number of allylic oxidation sites excluding steroid dienone is 2. The first-order chi connectivity index (χ1) is 6.83. The molecule has 1 aromatic carbocycles. The van der Waals surface area contributed by atoms with E-state index >= 15 is 0 Å². The Kier molecular flexibility index (Phi) is 5.13. The molecule has 14 heavy (non-hydrogen) atoms. The van der Waals surface area contributed by atoms with Crippen LogP contribution in [0.15, 0.2) is 42.5 Å². The van der Waals surface area contributed by atoms with Crippen LogP contribution in [0.5, 0.6) is 0 Å². The lowest BCUT2D eigenvalue weighted by molar-refractivity contribution is 0.417. The molecule has 2 nitrogen and oxygen atoms in total. The SMILES string of the molecule is CO[P+](=O)C/C=C\Cc1ccccc1. The standard InChI is InChI=1S/C11H14O2P/c1-13-14(12)10-6-5-9-11-7-3-2-4-8-11/h2-8H,9-10H2,1H3/q+1/b6-5-. The largest absolute Gasteiger partial charge is 0.511 e. The average Bonchev–Trinajstić information content (AvgIpc) is 2.25. The van der Waals surface area contributed by atoms with Crippen molar-refractivity contribution in [3.8, 4) is 0 Å². The van der Waals surface area contributed by atoms with Crippen LogP contribution in [0.4, 0.5) is 0 Å². The number of rotatable bonds is 5. The molecular formula is C11H14O2P+. The van der Waals surface area contributed by atoms with Gasteiger partial charge in [-0.1, -0.05) is 36.4 Å². The fourth-order valence-corrected chi connectivity index (χ4v) is 1.54. The molecule has 0 aliphatic heterocycles. The van der Waals surface area contributed by atoms with Crippen LogP contribution in [0.3, 0.4) is 0 Å². The van der Waals surface area contributed by atoms with E-state index in [1.807, 2.05) is 30.4 Å². The molecule has 1 rings (SSSR count). The summed E-state index contributed by atoms with van der Waals surface area (Å²) in [7, 11) is -0.0336. The van der Waals surface area contributed by atoms with Crippen molar-refractivity contribution in [2.24, 2.45) is 0 Å². The lowest BCUT2D eigenvalue weighted by Gasteiger charge is -1.92. The van der Waals surface area contributed by atoms with Gasteiger partial charge in [-0.05, 0) is 22.6 Å². The van der Waals surface area contributed by atoms with E-state index in [1.54, 1.807) is 0 Å². The van der Waals surface area contributed by atoms with E-state index in [1.165, 1.54) is 12.7 Å². The van der Waals surface area contributed by atoms with Crippen LogP contribution >= 0.6 is 8.03 Å². The minimum atomic E-state index is -1.50. The van der Waals surface area contributed by atoms with Gasteiger partial charge in [0.05, 0.1) is 7.11 Å². The second-order valence-electron chi connectivity index (χ2n) is 2.86. The molecule has 0 radical (unpaired) electrons. The summed E-state index contributed by atoms with van der Waals surface area (Å²) in [5.41, 5.74) is 1.26. The molecule has 0 aliphatic rings. The van der Waals surface area contributed by atoms with Crippen LogP contribution in [-0.2, 0) is 15.5 Å². The molecule has 0 bridgehead atoms. The van der Waals surface area contributed by atoms with Crippen LogP contribution in [-0.4, -0.2) is 13.3 Å². The van der Waals surface area contributed by atoms with Crippen molar-refractivity contribution >= 4 is 8.03 Å². The van der Waals surface area contributed by atoms with Crippen molar-refractivity contribution in [2.45, 2.75) is 6.42 Å². The smallest absolute Gasteiger partial charge is 0.149 e. The minimum absolute atomic E-state index is 0.499. The summed E-state index contributed by atoms with van der Waals surface area (Å²) in [5, 5.41) is 0. The molecule has 0 saturated heterocycles. The van der Waals surface area contributed by atoms with Gasteiger partial charge in [0, 0.05) is 0 Å². The quantitative estimate of drug-likeness (QED) is 0.550. The van der Waals surface area contributed by atoms with Crippen molar-refractivity contribution in [2.75, 3.05) is 13.3 Å². The van der Waals surface area contributed by atoms with E-state index in [4.69, 9.17) is 0 Å². The Bertz CT molecular complexity index is 306. The van der Waals surface area contributed by atoms with E-state index in [9.17, 15) is 4.57 Å². The van der Waals surface area contributed by atoms with Crippen molar-refractivity contribution in [3.63, 3.8) is 0 Å². The Morgan fingerprint density at radius 3 is 2.64 bits per heavy atom. The van der Waals surface area contributed by atoms with Crippen LogP contribution < -0.4 is 0 Å². The monoisotopic (exact) mass is 209 g/mol. The third-order valence-electron chi connectivity index (χ3n) is 1.82. The molecule has 0 aromatic heterocycles. The van der Waals surface area contributed by atoms with Gasteiger partial charge in [-0.2, -0.15) is 0 Å². The Balaban J connectivity index is 2.31. The van der Waals surface area contributed by atoms with E-state index in [2.05, 4.69) is 16.7 Å². The maximum Gasteiger partial charge on any atom is 0.511 e. The maximum absolute atomic E-state index is 10.9. The second-order valence-corrected chi connectivity index (χ2v) is 4.25. The lowest BCUT2D eigenvalue weighted by Crippen LogP contribution is -1.79. The lowest BCUT2D eigenvalue weighted by atomic mass is 10.1. The van der Waals surface area contributed by atoms with Gasteiger partial charge in [0.1, 0.15) is 0 Å². The summed E-state index contributed by atoms with van der Waals surface area (Å²) in [4.78, 5) is 0. The van der Waals surface area contributed by atoms with Crippen molar-refractivity contribution < 1.29 is 9.09 Å². The third kappa shape index (κ3) is 4.31. The highest BCUT2D eigenvalue weighted by Gasteiger charge is 2.09. The topological polar surface area (TPSA) is 26.3 Å². The van der Waals surface area contributed by atoms with Crippen LogP contribution in [0, 0.1) is 0 Å². The number of hydrogen-bond donors (Lipinski definition) is 0. The molecule has 1 aromatic rings. The van der Waals surface area contributed by atoms with Crippen molar-refractivity contribution in [1.82, 2.24) is 0 Å². The van der Waals surface area contributed by atoms with Gasteiger partial charge in [-0.3, -0.25) is 0 Å². The van der Waals surface area contributed by atoms with E-state index < -0.39 is 8.03 Å². The maximum atomic E-state index is 10.9. The molecule has 0 spiro atoms. The molecule has 0 amide bonds. The highest BCUT2D eigenvalue weighted by atomic mass is 31.1. The Morgan fingerprint density at radius 2 is 2.00 bits per heavy atom. The van der Waals surface area contributed by atoms with Crippen LogP contribution in [0.1, 0.15) is 5.56 Å². The summed E-state index contributed by atoms with van der Waals surface area (Å²) in [5.74, 6) is 0. The molecule has 74 valence electrons. The second kappa shape index (κ2) is 6.47. The Morgan fingerprint density at radius 1 is 1.29 bits per heavy atom. The van der Waals surface area contributed by atoms with Gasteiger partial charge in [-0.25, -0.2) is 0 Å². The third-order valence-corrected chi connectivity index (χ3v) is 2.74. The highest BCUT2D eigenvalue weighted by molar-refractivity contribution is 7.39. The zero-order valence-corrected chi connectivity index (χ0v) is 9.11. The van der Waals surface area contributed by atoms with E-state index in [0.29, 0.717) is 6.16 Å². The molecule has 0 heterocycles. The first kappa shape index (κ1) is 11.1. The fraction of sp³-hybridized carbons (Fsp3) is 0.273. The van der Waals surface area contributed by atoms with Crippen molar-refractivity contribution in [3.05, 3.63) is 48.0 Å². The summed E-state index contributed by atoms with van der Waals surface area (Å²) in [6.45, 7) is 0. The zero-order chi connectivity index (χ0) is 10.2. The average molecular weight is 209 g/mol. The highest BCUT2D eigenvalue weighted by Crippen LogP contribution is 2.19. The summed E-state index contributed by atoms with van der Waals surface area (Å²) in [6.07, 6.45) is 5.29. The number of hydrogen-bond acceptors (Lipinski definition) is 2. The normalized spacial score (nSPS) is 11.9. The molecule has 1 atom stereocenters. The predicted molar refractivity (Wildman–Crippen MR) is 58.8 cm³/mol. The number of benzene rings is 1. The van der Waals surface area contributed by atoms with Gasteiger partial charge in [-0.15, -0.1) is 4.52 Å². The molecular weight excluding hydrogens is 195 g/mol. The first-order valence-electron chi connectivity index (χ1n) is 4.50. The predicted octanol–water partition coefficient (Wildman–Crippen LogP) is 3.17. The Labute approximate surface area is 85.5 Å². The summed E-state index contributed by atoms with van der Waals surface area (Å²) < 4.78 is 15.6. The fourth-order valence-electron chi connectivity index (χ4n) is 1.07. The van der Waals surface area contributed by atoms with Crippen molar-refractivity contribution in [1.29, 1.82) is 0 Å². The molecule has 3 heteroatoms. The van der Waals surface area contributed by atoms with E-state index in [-0.39, 0.29) is 0 Å². The molecule has 0 saturated carbocycles. The molecule has 1 unspecified atom stereocenters. The summed E-state index contributed by atoms with van der Waals surface area (Å²) >= 11 is 0. The van der Waals surface area contributed by atoms with Gasteiger partial charge in [0.25, 0.3) is 0 Å². The van der Waals surface area contributed by atoms with Crippen LogP contribution in [0.25, 0.3) is 0 Å². The van der Waals surface area contributed by atoms with Crippen LogP contribution in [0.2, 0.25) is 0 Å². The van der Waals surface area contributed by atoms with Gasteiger partial charge < -0.3 is 0 Å². The van der Waals surface area contributed by atoms with Gasteiger partial charge >= 0.3 is 8.03 Å². The Hall–Kier alpha value is -0.980. The minimum Gasteiger partial charge on any atom is -0.149 e. The zero-order valence-electron chi connectivity index (χ0n) is 8.22. The van der Waals surface area contributed by atoms with Gasteiger partial charge in [0.2, 0.25) is 0 Å². The first-order valence-corrected chi connectivity index (χ1v) is 5.87. The van der Waals surface area contributed by atoms with Gasteiger partial charge in [0.15, 0.2) is 6.16 Å². The molecule has 0 N–H and O–H groups in total. The summed E-state index contributed by atoms with van der Waals surface area (Å²) in [6, 6.07) is 10.2.